The minimum atomic E-state index is -1.85. The molecule has 2 aliphatic rings. The second-order valence-electron chi connectivity index (χ2n) is 8.32. The maximum Gasteiger partial charge on any atom is 0.187 e. The lowest BCUT2D eigenvalue weighted by molar-refractivity contribution is -0.359. The third kappa shape index (κ3) is 6.58. The van der Waals surface area contributed by atoms with E-state index in [1.165, 1.54) is 14.0 Å². The highest BCUT2D eigenvalue weighted by atomic mass is 16.7. The molecule has 0 aromatic carbocycles. The van der Waals surface area contributed by atoms with Gasteiger partial charge in [-0.05, 0) is 6.92 Å². The van der Waals surface area contributed by atoms with Crippen molar-refractivity contribution in [2.75, 3.05) is 26.9 Å². The van der Waals surface area contributed by atoms with Gasteiger partial charge in [0.15, 0.2) is 12.6 Å². The van der Waals surface area contributed by atoms with Crippen molar-refractivity contribution in [1.29, 1.82) is 0 Å². The maximum atomic E-state index is 10.4. The zero-order chi connectivity index (χ0) is 25.7. The molecule has 15 heteroatoms. The Hall–Kier alpha value is -0.600. The number of aliphatic hydroxyl groups is 10. The van der Waals surface area contributed by atoms with Crippen LogP contribution in [-0.2, 0) is 23.7 Å². The van der Waals surface area contributed by atoms with E-state index in [4.69, 9.17) is 23.7 Å². The molecule has 0 radical (unpaired) electrons. The average Bonchev–Trinajstić information content (AvgIpc) is 2.83. The SMILES string of the molecule is COC(C)C(O)C(O)C(O)COC1C(O)C(O)OC(CO)C1OC1OC(CO)C(O)C(O)C1O. The van der Waals surface area contributed by atoms with Crippen molar-refractivity contribution in [3.8, 4) is 0 Å². The molecule has 34 heavy (non-hydrogen) atoms. The molecule has 2 heterocycles. The molecule has 14 unspecified atom stereocenters. The van der Waals surface area contributed by atoms with E-state index in [1.807, 2.05) is 0 Å². The van der Waals surface area contributed by atoms with Crippen LogP contribution in [0.15, 0.2) is 0 Å². The number of hydrogen-bond donors (Lipinski definition) is 10. The van der Waals surface area contributed by atoms with E-state index in [1.54, 1.807) is 0 Å². The van der Waals surface area contributed by atoms with Crippen LogP contribution in [-0.4, -0.2) is 164 Å². The Morgan fingerprint density at radius 1 is 0.765 bits per heavy atom. The normalized spacial score (nSPS) is 42.7. The third-order valence-electron chi connectivity index (χ3n) is 6.01. The summed E-state index contributed by atoms with van der Waals surface area (Å²) in [5.74, 6) is 0. The summed E-state index contributed by atoms with van der Waals surface area (Å²) in [5, 5.41) is 99.8. The molecule has 10 N–H and O–H groups in total. The van der Waals surface area contributed by atoms with E-state index in [-0.39, 0.29) is 0 Å². The minimum Gasteiger partial charge on any atom is -0.394 e. The Morgan fingerprint density at radius 3 is 1.94 bits per heavy atom. The lowest BCUT2D eigenvalue weighted by Crippen LogP contribution is -2.65. The minimum absolute atomic E-state index is 0.685. The highest BCUT2D eigenvalue weighted by Crippen LogP contribution is 2.30. The molecule has 0 aromatic heterocycles. The van der Waals surface area contributed by atoms with Gasteiger partial charge in [-0.1, -0.05) is 0 Å². The zero-order valence-corrected chi connectivity index (χ0v) is 18.7. The summed E-state index contributed by atoms with van der Waals surface area (Å²) in [7, 11) is 1.29. The van der Waals surface area contributed by atoms with Gasteiger partial charge in [-0.3, -0.25) is 0 Å². The zero-order valence-electron chi connectivity index (χ0n) is 18.7. The predicted octanol–water partition coefficient (Wildman–Crippen LogP) is -6.26. The largest absolute Gasteiger partial charge is 0.394 e. The van der Waals surface area contributed by atoms with E-state index in [2.05, 4.69) is 0 Å². The van der Waals surface area contributed by atoms with E-state index >= 15 is 0 Å². The first-order chi connectivity index (χ1) is 16.0. The number of hydrogen-bond acceptors (Lipinski definition) is 15. The highest BCUT2D eigenvalue weighted by molar-refractivity contribution is 4.95. The summed E-state index contributed by atoms with van der Waals surface area (Å²) in [4.78, 5) is 0. The molecule has 0 amide bonds. The molecule has 2 rings (SSSR count). The van der Waals surface area contributed by atoms with Crippen LogP contribution in [0.25, 0.3) is 0 Å². The molecule has 2 aliphatic heterocycles. The van der Waals surface area contributed by atoms with Crippen LogP contribution >= 0.6 is 0 Å². The van der Waals surface area contributed by atoms with Crippen molar-refractivity contribution in [3.63, 3.8) is 0 Å². The molecular weight excluding hydrogens is 468 g/mol. The number of ether oxygens (including phenoxy) is 5. The molecule has 0 aliphatic carbocycles. The van der Waals surface area contributed by atoms with Gasteiger partial charge in [0.25, 0.3) is 0 Å². The van der Waals surface area contributed by atoms with Gasteiger partial charge in [-0.25, -0.2) is 0 Å². The fourth-order valence-corrected chi connectivity index (χ4v) is 3.70. The first kappa shape index (κ1) is 29.6. The Kier molecular flexibility index (Phi) is 11.4. The molecule has 202 valence electrons. The molecule has 0 saturated carbocycles. The van der Waals surface area contributed by atoms with Crippen LogP contribution < -0.4 is 0 Å². The van der Waals surface area contributed by atoms with Crippen molar-refractivity contribution < 1.29 is 74.7 Å². The van der Waals surface area contributed by atoms with Gasteiger partial charge in [0.1, 0.15) is 67.1 Å². The van der Waals surface area contributed by atoms with Crippen molar-refractivity contribution in [2.24, 2.45) is 0 Å². The van der Waals surface area contributed by atoms with E-state index < -0.39 is 106 Å². The van der Waals surface area contributed by atoms with Crippen molar-refractivity contribution in [1.82, 2.24) is 0 Å². The van der Waals surface area contributed by atoms with Gasteiger partial charge in [-0.2, -0.15) is 0 Å². The molecule has 0 bridgehead atoms. The number of methoxy groups -OCH3 is 1. The summed E-state index contributed by atoms with van der Waals surface area (Å²) in [6.07, 6.45) is -22.0. The average molecular weight is 504 g/mol. The van der Waals surface area contributed by atoms with Crippen LogP contribution in [0.5, 0.6) is 0 Å². The Labute approximate surface area is 195 Å². The Bertz CT molecular complexity index is 596. The first-order valence-electron chi connectivity index (χ1n) is 10.7. The van der Waals surface area contributed by atoms with Gasteiger partial charge in [0.05, 0.1) is 25.9 Å². The fourth-order valence-electron chi connectivity index (χ4n) is 3.70. The topological polar surface area (TPSA) is 248 Å². The molecule has 14 atom stereocenters. The molecule has 2 saturated heterocycles. The number of rotatable bonds is 11. The quantitative estimate of drug-likeness (QED) is 0.126. The predicted molar refractivity (Wildman–Crippen MR) is 107 cm³/mol. The molecule has 0 aromatic rings. The molecule has 2 fully saturated rings. The lowest BCUT2D eigenvalue weighted by Gasteiger charge is -2.46. The standard InChI is InChI=1S/C19H36O15/c1-6(30-2)10(23)11(24)7(22)5-31-17-15(28)18(29)32-9(4-21)16(17)34-19-14(27)13(26)12(25)8(3-20)33-19/h6-29H,3-5H2,1-2H3. The Morgan fingerprint density at radius 2 is 1.38 bits per heavy atom. The summed E-state index contributed by atoms with van der Waals surface area (Å²) in [5.41, 5.74) is 0. The Balaban J connectivity index is 2.17. The molecular formula is C19H36O15. The van der Waals surface area contributed by atoms with Gasteiger partial charge < -0.3 is 74.7 Å². The van der Waals surface area contributed by atoms with Crippen molar-refractivity contribution >= 4 is 0 Å². The molecule has 15 nitrogen and oxygen atoms in total. The second-order valence-corrected chi connectivity index (χ2v) is 8.32. The summed E-state index contributed by atoms with van der Waals surface area (Å²) in [6, 6.07) is 0. The fraction of sp³-hybridized carbons (Fsp3) is 1.00. The van der Waals surface area contributed by atoms with Gasteiger partial charge >= 0.3 is 0 Å². The smallest absolute Gasteiger partial charge is 0.187 e. The van der Waals surface area contributed by atoms with Crippen molar-refractivity contribution in [3.05, 3.63) is 0 Å². The van der Waals surface area contributed by atoms with Gasteiger partial charge in [0.2, 0.25) is 0 Å². The molecule has 0 spiro atoms. The van der Waals surface area contributed by atoms with Crippen LogP contribution in [0.1, 0.15) is 6.92 Å². The summed E-state index contributed by atoms with van der Waals surface area (Å²) < 4.78 is 26.3. The highest BCUT2D eigenvalue weighted by Gasteiger charge is 2.51. The van der Waals surface area contributed by atoms with Crippen LogP contribution in [0.4, 0.5) is 0 Å². The number of aliphatic hydroxyl groups excluding tert-OH is 10. The lowest BCUT2D eigenvalue weighted by atomic mass is 9.96. The summed E-state index contributed by atoms with van der Waals surface area (Å²) in [6.45, 7) is -0.726. The van der Waals surface area contributed by atoms with Crippen LogP contribution in [0.3, 0.4) is 0 Å². The maximum absolute atomic E-state index is 10.4. The monoisotopic (exact) mass is 504 g/mol. The van der Waals surface area contributed by atoms with E-state index in [9.17, 15) is 51.1 Å². The van der Waals surface area contributed by atoms with Gasteiger partial charge in [0, 0.05) is 7.11 Å². The van der Waals surface area contributed by atoms with Crippen molar-refractivity contribution in [2.45, 2.75) is 92.8 Å². The van der Waals surface area contributed by atoms with Crippen LogP contribution in [0, 0.1) is 0 Å². The van der Waals surface area contributed by atoms with Gasteiger partial charge in [-0.15, -0.1) is 0 Å². The second kappa shape index (κ2) is 13.1. The first-order valence-corrected chi connectivity index (χ1v) is 10.7. The van der Waals surface area contributed by atoms with E-state index in [0.717, 1.165) is 0 Å². The summed E-state index contributed by atoms with van der Waals surface area (Å²) >= 11 is 0. The third-order valence-corrected chi connectivity index (χ3v) is 6.01. The van der Waals surface area contributed by atoms with Crippen LogP contribution in [0.2, 0.25) is 0 Å². The van der Waals surface area contributed by atoms with E-state index in [0.29, 0.717) is 0 Å².